The Kier molecular flexibility index (Phi) is 3.70. The third-order valence-electron chi connectivity index (χ3n) is 2.27. The molecule has 3 N–H and O–H groups in total. The Hall–Kier alpha value is -1.30. The molecule has 1 atom stereocenters. The second-order valence-electron chi connectivity index (χ2n) is 3.59. The van der Waals surface area contributed by atoms with E-state index in [-0.39, 0.29) is 6.04 Å². The normalized spacial score (nSPS) is 12.5. The molecule has 1 aromatic carbocycles. The van der Waals surface area contributed by atoms with E-state index in [1.807, 2.05) is 12.1 Å². The molecule has 0 aromatic heterocycles. The molecule has 0 spiro atoms. The lowest BCUT2D eigenvalue weighted by molar-refractivity contribution is 0.673. The van der Waals surface area contributed by atoms with Gasteiger partial charge in [-0.2, -0.15) is 0 Å². The van der Waals surface area contributed by atoms with Crippen LogP contribution in [-0.2, 0) is 0 Å². The molecule has 0 saturated carbocycles. The van der Waals surface area contributed by atoms with Gasteiger partial charge in [-0.25, -0.2) is 5.43 Å². The van der Waals surface area contributed by atoms with E-state index in [4.69, 9.17) is 12.3 Å². The summed E-state index contributed by atoms with van der Waals surface area (Å²) in [5.74, 6) is 8.44. The first-order valence-corrected chi connectivity index (χ1v) is 4.71. The molecule has 0 saturated heterocycles. The van der Waals surface area contributed by atoms with E-state index < -0.39 is 0 Å². The van der Waals surface area contributed by atoms with Crippen molar-refractivity contribution in [1.82, 2.24) is 5.43 Å². The number of rotatable bonds is 3. The maximum atomic E-state index is 5.32. The quantitative estimate of drug-likeness (QED) is 0.432. The molecule has 1 unspecified atom stereocenters. The van der Waals surface area contributed by atoms with Crippen molar-refractivity contribution >= 4 is 0 Å². The Morgan fingerprint density at radius 2 is 1.71 bits per heavy atom. The summed E-state index contributed by atoms with van der Waals surface area (Å²) in [5, 5.41) is 0. The summed E-state index contributed by atoms with van der Waals surface area (Å²) in [6.07, 6.45) is 5.32. The van der Waals surface area contributed by atoms with Crippen LogP contribution in [0, 0.1) is 12.3 Å². The first kappa shape index (κ1) is 10.8. The Labute approximate surface area is 85.5 Å². The molecule has 0 aliphatic rings. The summed E-state index contributed by atoms with van der Waals surface area (Å²) in [4.78, 5) is 0. The fourth-order valence-electron chi connectivity index (χ4n) is 1.31. The van der Waals surface area contributed by atoms with Gasteiger partial charge in [0.2, 0.25) is 0 Å². The summed E-state index contributed by atoms with van der Waals surface area (Å²) in [5.41, 5.74) is 4.91. The second-order valence-corrected chi connectivity index (χ2v) is 3.59. The van der Waals surface area contributed by atoms with Crippen molar-refractivity contribution in [3.8, 4) is 12.3 Å². The fourth-order valence-corrected chi connectivity index (χ4v) is 1.31. The lowest BCUT2D eigenvalue weighted by Gasteiger charge is -2.11. The third-order valence-corrected chi connectivity index (χ3v) is 2.27. The summed E-state index contributed by atoms with van der Waals surface area (Å²) in [6, 6.07) is 8.00. The molecule has 2 nitrogen and oxygen atoms in total. The molecule has 0 fully saturated rings. The van der Waals surface area contributed by atoms with Crippen LogP contribution in [0.3, 0.4) is 0 Å². The third kappa shape index (κ3) is 2.35. The van der Waals surface area contributed by atoms with E-state index in [2.05, 4.69) is 37.3 Å². The molecular weight excluding hydrogens is 172 g/mol. The summed E-state index contributed by atoms with van der Waals surface area (Å²) in [7, 11) is 0. The minimum atomic E-state index is -0.198. The summed E-state index contributed by atoms with van der Waals surface area (Å²) >= 11 is 0. The number of hydrazine groups is 1. The van der Waals surface area contributed by atoms with Crippen LogP contribution in [0.25, 0.3) is 0 Å². The highest BCUT2D eigenvalue weighted by Gasteiger charge is 2.05. The molecule has 0 amide bonds. The van der Waals surface area contributed by atoms with Gasteiger partial charge in [0.25, 0.3) is 0 Å². The van der Waals surface area contributed by atoms with Crippen molar-refractivity contribution in [3.05, 3.63) is 35.4 Å². The topological polar surface area (TPSA) is 38.0 Å². The van der Waals surface area contributed by atoms with Crippen LogP contribution in [0.5, 0.6) is 0 Å². The van der Waals surface area contributed by atoms with Gasteiger partial charge in [0, 0.05) is 0 Å². The van der Waals surface area contributed by atoms with Gasteiger partial charge >= 0.3 is 0 Å². The van der Waals surface area contributed by atoms with Crippen LogP contribution in [0.2, 0.25) is 0 Å². The maximum absolute atomic E-state index is 5.32. The van der Waals surface area contributed by atoms with Gasteiger partial charge in [-0.1, -0.05) is 44.0 Å². The monoisotopic (exact) mass is 188 g/mol. The van der Waals surface area contributed by atoms with E-state index in [9.17, 15) is 0 Å². The van der Waals surface area contributed by atoms with Gasteiger partial charge in [-0.15, -0.1) is 6.42 Å². The largest absolute Gasteiger partial charge is 0.270 e. The van der Waals surface area contributed by atoms with Crippen molar-refractivity contribution in [3.63, 3.8) is 0 Å². The zero-order valence-electron chi connectivity index (χ0n) is 8.62. The summed E-state index contributed by atoms with van der Waals surface area (Å²) < 4.78 is 0. The van der Waals surface area contributed by atoms with E-state index in [1.54, 1.807) is 0 Å². The van der Waals surface area contributed by atoms with Crippen LogP contribution in [-0.4, -0.2) is 0 Å². The number of terminal acetylenes is 1. The molecule has 0 aliphatic carbocycles. The van der Waals surface area contributed by atoms with Crippen molar-refractivity contribution in [1.29, 1.82) is 0 Å². The van der Waals surface area contributed by atoms with E-state index in [0.29, 0.717) is 5.92 Å². The smallest absolute Gasteiger partial charge is 0.106 e. The SMILES string of the molecule is C#CC(NN)c1ccc(C(C)C)cc1. The lowest BCUT2D eigenvalue weighted by atomic mass is 9.99. The number of hydrogen-bond acceptors (Lipinski definition) is 2. The Morgan fingerprint density at radius 3 is 2.07 bits per heavy atom. The van der Waals surface area contributed by atoms with Gasteiger partial charge in [0.1, 0.15) is 6.04 Å². The van der Waals surface area contributed by atoms with Crippen LogP contribution < -0.4 is 11.3 Å². The highest BCUT2D eigenvalue weighted by Crippen LogP contribution is 2.17. The fraction of sp³-hybridized carbons (Fsp3) is 0.333. The molecule has 0 heterocycles. The van der Waals surface area contributed by atoms with Crippen molar-refractivity contribution in [2.45, 2.75) is 25.8 Å². The first-order chi connectivity index (χ1) is 6.69. The zero-order valence-corrected chi connectivity index (χ0v) is 8.62. The minimum absolute atomic E-state index is 0.198. The molecule has 1 aromatic rings. The average Bonchev–Trinajstić information content (AvgIpc) is 2.20. The van der Waals surface area contributed by atoms with Crippen molar-refractivity contribution in [2.75, 3.05) is 0 Å². The van der Waals surface area contributed by atoms with Crippen LogP contribution in [0.15, 0.2) is 24.3 Å². The average molecular weight is 188 g/mol. The molecule has 0 radical (unpaired) electrons. The molecule has 74 valence electrons. The standard InChI is InChI=1S/C12H16N2/c1-4-12(14-13)11-7-5-10(6-8-11)9(2)3/h1,5-9,12,14H,13H2,2-3H3. The predicted octanol–water partition coefficient (Wildman–Crippen LogP) is 1.95. The Morgan fingerprint density at radius 1 is 1.21 bits per heavy atom. The highest BCUT2D eigenvalue weighted by atomic mass is 15.2. The zero-order chi connectivity index (χ0) is 10.6. The van der Waals surface area contributed by atoms with Crippen molar-refractivity contribution in [2.24, 2.45) is 5.84 Å². The van der Waals surface area contributed by atoms with Gasteiger partial charge in [-0.3, -0.25) is 5.84 Å². The second kappa shape index (κ2) is 4.80. The first-order valence-electron chi connectivity index (χ1n) is 4.71. The lowest BCUT2D eigenvalue weighted by Crippen LogP contribution is -2.26. The van der Waals surface area contributed by atoms with Gasteiger partial charge < -0.3 is 0 Å². The van der Waals surface area contributed by atoms with E-state index >= 15 is 0 Å². The number of hydrogen-bond donors (Lipinski definition) is 2. The Bertz CT molecular complexity index is 319. The van der Waals surface area contributed by atoms with Gasteiger partial charge in [0.05, 0.1) is 0 Å². The van der Waals surface area contributed by atoms with E-state index in [0.717, 1.165) is 5.56 Å². The van der Waals surface area contributed by atoms with Crippen LogP contribution in [0.4, 0.5) is 0 Å². The number of nitrogens with two attached hydrogens (primary N) is 1. The van der Waals surface area contributed by atoms with Crippen LogP contribution >= 0.6 is 0 Å². The van der Waals surface area contributed by atoms with Gasteiger partial charge in [0.15, 0.2) is 0 Å². The molecule has 2 heteroatoms. The van der Waals surface area contributed by atoms with Gasteiger partial charge in [-0.05, 0) is 17.0 Å². The molecular formula is C12H16N2. The molecule has 0 bridgehead atoms. The van der Waals surface area contributed by atoms with Crippen molar-refractivity contribution < 1.29 is 0 Å². The molecule has 0 aliphatic heterocycles. The number of benzene rings is 1. The molecule has 14 heavy (non-hydrogen) atoms. The Balaban J connectivity index is 2.88. The highest BCUT2D eigenvalue weighted by molar-refractivity contribution is 5.30. The predicted molar refractivity (Wildman–Crippen MR) is 59.4 cm³/mol. The van der Waals surface area contributed by atoms with E-state index in [1.165, 1.54) is 5.56 Å². The van der Waals surface area contributed by atoms with Crippen LogP contribution in [0.1, 0.15) is 36.9 Å². The summed E-state index contributed by atoms with van der Waals surface area (Å²) in [6.45, 7) is 4.32. The maximum Gasteiger partial charge on any atom is 0.106 e. The minimum Gasteiger partial charge on any atom is -0.270 e. The number of nitrogens with one attached hydrogen (secondary N) is 1. The molecule has 1 rings (SSSR count).